The highest BCUT2D eigenvalue weighted by Gasteiger charge is 2.69. The van der Waals surface area contributed by atoms with Crippen molar-refractivity contribution in [2.45, 2.75) is 16.7 Å². The lowest BCUT2D eigenvalue weighted by molar-refractivity contribution is -0.255. The zero-order chi connectivity index (χ0) is 10.9. The van der Waals surface area contributed by atoms with E-state index < -0.39 is 29.1 Å². The van der Waals surface area contributed by atoms with Gasteiger partial charge in [-0.25, -0.2) is 8.78 Å². The first kappa shape index (κ1) is 12.7. The van der Waals surface area contributed by atoms with E-state index in [1.807, 2.05) is 0 Å². The summed E-state index contributed by atoms with van der Waals surface area (Å²) in [7, 11) is 0. The van der Waals surface area contributed by atoms with Gasteiger partial charge >= 0.3 is 11.0 Å². The second-order valence-electron chi connectivity index (χ2n) is 2.00. The molecule has 0 heterocycles. The Morgan fingerprint density at radius 3 is 1.38 bits per heavy atom. The Labute approximate surface area is 76.5 Å². The van der Waals surface area contributed by atoms with Gasteiger partial charge < -0.3 is 0 Å². The topological polar surface area (TPSA) is 0 Å². The summed E-state index contributed by atoms with van der Waals surface area (Å²) in [5.74, 6) is 0. The van der Waals surface area contributed by atoms with E-state index in [-0.39, 0.29) is 0 Å². The Hall–Kier alpha value is -0.270. The van der Waals surface area contributed by atoms with Crippen molar-refractivity contribution in [3.63, 3.8) is 0 Å². The van der Waals surface area contributed by atoms with Crippen LogP contribution in [0.25, 0.3) is 0 Å². The molecule has 0 bridgehead atoms. The molecule has 0 fully saturated rings. The predicted octanol–water partition coefficient (Wildman–Crippen LogP) is 3.73. The van der Waals surface area contributed by atoms with E-state index in [9.17, 15) is 30.7 Å². The Bertz CT molecular complexity index is 186. The molecule has 78 valence electrons. The maximum absolute atomic E-state index is 12.6. The molecular formula is C5H2BrF7. The number of rotatable bonds is 2. The highest BCUT2D eigenvalue weighted by atomic mass is 79.9. The third-order valence-corrected chi connectivity index (χ3v) is 1.69. The standard InChI is InChI=1S/C5H2BrF7/c6-4(9,10)3(8,1-2-7)5(11,12)13/h1-2H/b2-1+. The Morgan fingerprint density at radius 2 is 1.31 bits per heavy atom. The monoisotopic (exact) mass is 274 g/mol. The second-order valence-corrected chi connectivity index (χ2v) is 3.00. The zero-order valence-corrected chi connectivity index (χ0v) is 7.26. The maximum atomic E-state index is 12.6. The van der Waals surface area contributed by atoms with Crippen molar-refractivity contribution in [3.05, 3.63) is 12.4 Å². The summed E-state index contributed by atoms with van der Waals surface area (Å²) >= 11 is 1.19. The number of hydrogen-bond acceptors (Lipinski definition) is 0. The SMILES string of the molecule is F/C=C/C(F)(C(F)(F)F)C(F)(F)Br. The minimum absolute atomic E-state index is 0.901. The zero-order valence-electron chi connectivity index (χ0n) is 5.68. The molecule has 0 aliphatic rings. The van der Waals surface area contributed by atoms with Crippen LogP contribution in [0.1, 0.15) is 0 Å². The predicted molar refractivity (Wildman–Crippen MR) is 34.0 cm³/mol. The lowest BCUT2D eigenvalue weighted by atomic mass is 10.1. The Morgan fingerprint density at radius 1 is 0.923 bits per heavy atom. The summed E-state index contributed by atoms with van der Waals surface area (Å²) in [6.07, 6.45) is -7.73. The van der Waals surface area contributed by atoms with E-state index >= 15 is 0 Å². The molecule has 0 aromatic carbocycles. The van der Waals surface area contributed by atoms with Crippen LogP contribution in [-0.2, 0) is 0 Å². The van der Waals surface area contributed by atoms with Crippen molar-refractivity contribution < 1.29 is 30.7 Å². The van der Waals surface area contributed by atoms with Gasteiger partial charge in [0.25, 0.3) is 5.67 Å². The molecular weight excluding hydrogens is 273 g/mol. The molecule has 0 saturated heterocycles. The van der Waals surface area contributed by atoms with Gasteiger partial charge in [0.05, 0.1) is 6.33 Å². The van der Waals surface area contributed by atoms with E-state index in [1.54, 1.807) is 0 Å². The van der Waals surface area contributed by atoms with Crippen LogP contribution in [0, 0.1) is 0 Å². The second kappa shape index (κ2) is 3.47. The highest BCUT2D eigenvalue weighted by molar-refractivity contribution is 9.10. The average Bonchev–Trinajstić information content (AvgIpc) is 1.82. The minimum atomic E-state index is -5.90. The summed E-state index contributed by atoms with van der Waals surface area (Å²) < 4.78 is 83.0. The molecule has 0 N–H and O–H groups in total. The Kier molecular flexibility index (Phi) is 3.40. The minimum Gasteiger partial charge on any atom is -0.221 e. The largest absolute Gasteiger partial charge is 0.433 e. The van der Waals surface area contributed by atoms with Gasteiger partial charge in [0, 0.05) is 0 Å². The first-order valence-electron chi connectivity index (χ1n) is 2.66. The normalized spacial score (nSPS) is 19.1. The van der Waals surface area contributed by atoms with Gasteiger partial charge in [0.1, 0.15) is 0 Å². The van der Waals surface area contributed by atoms with Crippen LogP contribution in [0.2, 0.25) is 0 Å². The van der Waals surface area contributed by atoms with E-state index in [1.165, 1.54) is 15.9 Å². The molecule has 0 rings (SSSR count). The molecule has 1 unspecified atom stereocenters. The third-order valence-electron chi connectivity index (χ3n) is 1.12. The molecule has 13 heavy (non-hydrogen) atoms. The molecule has 0 nitrogen and oxygen atoms in total. The Balaban J connectivity index is 5.21. The molecule has 0 aromatic rings. The average molecular weight is 275 g/mol. The van der Waals surface area contributed by atoms with Crippen molar-refractivity contribution in [2.24, 2.45) is 0 Å². The van der Waals surface area contributed by atoms with Gasteiger partial charge in [-0.15, -0.1) is 0 Å². The smallest absolute Gasteiger partial charge is 0.221 e. The van der Waals surface area contributed by atoms with Crippen molar-refractivity contribution in [2.75, 3.05) is 0 Å². The summed E-state index contributed by atoms with van der Waals surface area (Å²) in [6, 6.07) is 0. The van der Waals surface area contributed by atoms with Gasteiger partial charge in [-0.05, 0) is 22.0 Å². The van der Waals surface area contributed by atoms with E-state index in [2.05, 4.69) is 0 Å². The number of alkyl halides is 7. The molecule has 0 spiro atoms. The molecule has 0 saturated carbocycles. The van der Waals surface area contributed by atoms with E-state index in [0.29, 0.717) is 0 Å². The van der Waals surface area contributed by atoms with Crippen molar-refractivity contribution in [3.8, 4) is 0 Å². The summed E-state index contributed by atoms with van der Waals surface area (Å²) in [4.78, 5) is -4.92. The van der Waals surface area contributed by atoms with Crippen LogP contribution in [0.3, 0.4) is 0 Å². The fourth-order valence-corrected chi connectivity index (χ4v) is 0.793. The molecule has 0 radical (unpaired) electrons. The van der Waals surface area contributed by atoms with Crippen molar-refractivity contribution in [1.82, 2.24) is 0 Å². The van der Waals surface area contributed by atoms with Crippen LogP contribution in [0.15, 0.2) is 12.4 Å². The molecule has 0 aromatic heterocycles. The van der Waals surface area contributed by atoms with Gasteiger partial charge in [-0.3, -0.25) is 0 Å². The van der Waals surface area contributed by atoms with E-state index in [0.717, 1.165) is 0 Å². The molecule has 0 aliphatic carbocycles. The number of allylic oxidation sites excluding steroid dienone is 1. The van der Waals surface area contributed by atoms with Crippen LogP contribution < -0.4 is 0 Å². The number of hydrogen-bond donors (Lipinski definition) is 0. The van der Waals surface area contributed by atoms with Crippen LogP contribution >= 0.6 is 15.9 Å². The first-order chi connectivity index (χ1) is 5.56. The van der Waals surface area contributed by atoms with Crippen LogP contribution in [-0.4, -0.2) is 16.7 Å². The van der Waals surface area contributed by atoms with Crippen molar-refractivity contribution >= 4 is 15.9 Å². The lowest BCUT2D eigenvalue weighted by Crippen LogP contribution is -2.50. The summed E-state index contributed by atoms with van der Waals surface area (Å²) in [5, 5.41) is 0. The van der Waals surface area contributed by atoms with Gasteiger partial charge in [-0.1, -0.05) is 0 Å². The highest BCUT2D eigenvalue weighted by Crippen LogP contribution is 2.49. The van der Waals surface area contributed by atoms with Crippen LogP contribution in [0.4, 0.5) is 30.7 Å². The number of halogens is 8. The van der Waals surface area contributed by atoms with Gasteiger partial charge in [0.15, 0.2) is 0 Å². The first-order valence-corrected chi connectivity index (χ1v) is 3.46. The van der Waals surface area contributed by atoms with Crippen LogP contribution in [0.5, 0.6) is 0 Å². The lowest BCUT2D eigenvalue weighted by Gasteiger charge is -2.28. The molecule has 0 aliphatic heterocycles. The third kappa shape index (κ3) is 2.35. The van der Waals surface area contributed by atoms with Gasteiger partial charge in [0.2, 0.25) is 0 Å². The van der Waals surface area contributed by atoms with Gasteiger partial charge in [-0.2, -0.15) is 22.0 Å². The quantitative estimate of drug-likeness (QED) is 0.532. The fourth-order valence-electron chi connectivity index (χ4n) is 0.437. The molecule has 0 amide bonds. The maximum Gasteiger partial charge on any atom is 0.433 e. The van der Waals surface area contributed by atoms with Crippen molar-refractivity contribution in [1.29, 1.82) is 0 Å². The molecule has 1 atom stereocenters. The molecule has 8 heteroatoms. The fraction of sp³-hybridized carbons (Fsp3) is 0.600. The van der Waals surface area contributed by atoms with E-state index in [4.69, 9.17) is 0 Å². The summed E-state index contributed by atoms with van der Waals surface area (Å²) in [6.45, 7) is 0. The summed E-state index contributed by atoms with van der Waals surface area (Å²) in [5.41, 5.74) is -5.05.